The van der Waals surface area contributed by atoms with Crippen LogP contribution in [0.2, 0.25) is 5.02 Å². The summed E-state index contributed by atoms with van der Waals surface area (Å²) in [7, 11) is 0. The lowest BCUT2D eigenvalue weighted by Gasteiger charge is -2.01. The second-order valence-electron chi connectivity index (χ2n) is 2.70. The van der Waals surface area contributed by atoms with E-state index in [1.165, 1.54) is 11.3 Å². The number of hydrogen-bond acceptors (Lipinski definition) is 4. The lowest BCUT2D eigenvalue weighted by molar-refractivity contribution is 1.39. The first-order chi connectivity index (χ1) is 6.74. The number of nitrogens with one attached hydrogen (secondary N) is 1. The maximum Gasteiger partial charge on any atom is 0.189 e. The third-order valence-electron chi connectivity index (χ3n) is 1.62. The number of thiazole rings is 1. The molecule has 2 aromatic rings. The van der Waals surface area contributed by atoms with Crippen molar-refractivity contribution in [3.63, 3.8) is 0 Å². The van der Waals surface area contributed by atoms with Crippen molar-refractivity contribution >= 4 is 38.8 Å². The molecule has 5 heteroatoms. The maximum atomic E-state index is 5.76. The van der Waals surface area contributed by atoms with Gasteiger partial charge < -0.3 is 11.1 Å². The first kappa shape index (κ1) is 9.30. The molecule has 14 heavy (non-hydrogen) atoms. The number of hydrogen-bond donors (Lipinski definition) is 2. The quantitative estimate of drug-likeness (QED) is 0.826. The van der Waals surface area contributed by atoms with Gasteiger partial charge >= 0.3 is 0 Å². The van der Waals surface area contributed by atoms with Crippen LogP contribution in [0.15, 0.2) is 30.5 Å². The summed E-state index contributed by atoms with van der Waals surface area (Å²) in [5, 5.41) is 5.32. The molecule has 0 unspecified atom stereocenters. The maximum absolute atomic E-state index is 5.76. The van der Waals surface area contributed by atoms with Gasteiger partial charge in [0.05, 0.1) is 6.20 Å². The van der Waals surface area contributed by atoms with Crippen molar-refractivity contribution in [1.82, 2.24) is 4.98 Å². The Hall–Kier alpha value is -1.26. The fourth-order valence-electron chi connectivity index (χ4n) is 1.00. The molecule has 0 saturated carbocycles. The van der Waals surface area contributed by atoms with E-state index in [1.54, 1.807) is 6.20 Å². The van der Waals surface area contributed by atoms with E-state index in [4.69, 9.17) is 17.3 Å². The summed E-state index contributed by atoms with van der Waals surface area (Å²) < 4.78 is 0. The van der Waals surface area contributed by atoms with Gasteiger partial charge in [-0.15, -0.1) is 0 Å². The second-order valence-corrected chi connectivity index (χ2v) is 4.20. The Bertz CT molecular complexity index is 424. The molecule has 0 saturated heterocycles. The highest BCUT2D eigenvalue weighted by Gasteiger charge is 1.98. The van der Waals surface area contributed by atoms with E-state index >= 15 is 0 Å². The third-order valence-corrected chi connectivity index (χ3v) is 2.61. The van der Waals surface area contributed by atoms with Gasteiger partial charge in [0, 0.05) is 10.7 Å². The molecule has 1 heterocycles. The van der Waals surface area contributed by atoms with Crippen LogP contribution in [-0.2, 0) is 0 Å². The monoisotopic (exact) mass is 225 g/mol. The summed E-state index contributed by atoms with van der Waals surface area (Å²) in [6.07, 6.45) is 1.63. The smallest absolute Gasteiger partial charge is 0.189 e. The van der Waals surface area contributed by atoms with Gasteiger partial charge in [0.2, 0.25) is 0 Å². The SMILES string of the molecule is Nc1cnc(Nc2ccc(Cl)cc2)s1. The number of benzene rings is 1. The molecule has 0 atom stereocenters. The van der Waals surface area contributed by atoms with Crippen LogP contribution >= 0.6 is 22.9 Å². The van der Waals surface area contributed by atoms with E-state index in [0.29, 0.717) is 10.0 Å². The van der Waals surface area contributed by atoms with E-state index in [0.717, 1.165) is 10.8 Å². The molecule has 0 spiro atoms. The van der Waals surface area contributed by atoms with Crippen LogP contribution < -0.4 is 11.1 Å². The molecule has 0 fully saturated rings. The number of halogens is 1. The summed E-state index contributed by atoms with van der Waals surface area (Å²) >= 11 is 7.17. The number of nitrogens with two attached hydrogens (primary N) is 1. The summed E-state index contributed by atoms with van der Waals surface area (Å²) in [5.74, 6) is 0. The molecule has 1 aromatic heterocycles. The number of anilines is 3. The topological polar surface area (TPSA) is 50.9 Å². The average Bonchev–Trinajstić information content (AvgIpc) is 2.56. The van der Waals surface area contributed by atoms with Crippen LogP contribution in [0.4, 0.5) is 15.8 Å². The van der Waals surface area contributed by atoms with Crippen LogP contribution in [0.5, 0.6) is 0 Å². The van der Waals surface area contributed by atoms with Crippen LogP contribution in [-0.4, -0.2) is 4.98 Å². The van der Waals surface area contributed by atoms with Gasteiger partial charge in [0.15, 0.2) is 5.13 Å². The van der Waals surface area contributed by atoms with E-state index in [2.05, 4.69) is 10.3 Å². The van der Waals surface area contributed by atoms with Gasteiger partial charge in [0.25, 0.3) is 0 Å². The molecule has 3 nitrogen and oxygen atoms in total. The first-order valence-corrected chi connectivity index (χ1v) is 5.17. The van der Waals surface area contributed by atoms with Crippen molar-refractivity contribution in [3.8, 4) is 0 Å². The molecule has 72 valence electrons. The Morgan fingerprint density at radius 3 is 2.57 bits per heavy atom. The van der Waals surface area contributed by atoms with Crippen LogP contribution in [0.1, 0.15) is 0 Å². The van der Waals surface area contributed by atoms with Gasteiger partial charge in [-0.05, 0) is 24.3 Å². The first-order valence-electron chi connectivity index (χ1n) is 3.98. The van der Waals surface area contributed by atoms with Gasteiger partial charge in [-0.3, -0.25) is 0 Å². The van der Waals surface area contributed by atoms with Crippen molar-refractivity contribution < 1.29 is 0 Å². The zero-order valence-corrected chi connectivity index (χ0v) is 8.77. The third kappa shape index (κ3) is 2.16. The fourth-order valence-corrected chi connectivity index (χ4v) is 1.73. The van der Waals surface area contributed by atoms with Gasteiger partial charge in [-0.2, -0.15) is 0 Å². The van der Waals surface area contributed by atoms with Crippen LogP contribution in [0, 0.1) is 0 Å². The number of nitrogen functional groups attached to an aromatic ring is 1. The summed E-state index contributed by atoms with van der Waals surface area (Å²) in [6.45, 7) is 0. The van der Waals surface area contributed by atoms with Gasteiger partial charge in [-0.25, -0.2) is 4.98 Å². The molecule has 0 aliphatic carbocycles. The van der Waals surface area contributed by atoms with E-state index in [1.807, 2.05) is 24.3 Å². The molecule has 0 aliphatic heterocycles. The predicted octanol–water partition coefficient (Wildman–Crippen LogP) is 3.12. The largest absolute Gasteiger partial charge is 0.389 e. The molecule has 2 rings (SSSR count). The number of rotatable bonds is 2. The highest BCUT2D eigenvalue weighted by molar-refractivity contribution is 7.19. The normalized spacial score (nSPS) is 10.1. The van der Waals surface area contributed by atoms with E-state index in [-0.39, 0.29) is 0 Å². The lowest BCUT2D eigenvalue weighted by atomic mass is 10.3. The zero-order chi connectivity index (χ0) is 9.97. The van der Waals surface area contributed by atoms with Crippen molar-refractivity contribution in [2.45, 2.75) is 0 Å². The van der Waals surface area contributed by atoms with Crippen molar-refractivity contribution in [2.75, 3.05) is 11.1 Å². The molecule has 3 N–H and O–H groups in total. The molecule has 0 bridgehead atoms. The lowest BCUT2D eigenvalue weighted by Crippen LogP contribution is -1.87. The van der Waals surface area contributed by atoms with Crippen molar-refractivity contribution in [1.29, 1.82) is 0 Å². The Morgan fingerprint density at radius 2 is 2.00 bits per heavy atom. The average molecular weight is 226 g/mol. The molecule has 1 aromatic carbocycles. The number of aromatic nitrogens is 1. The zero-order valence-electron chi connectivity index (χ0n) is 7.20. The van der Waals surface area contributed by atoms with Crippen LogP contribution in [0.25, 0.3) is 0 Å². The van der Waals surface area contributed by atoms with Crippen molar-refractivity contribution in [3.05, 3.63) is 35.5 Å². The molecular formula is C9H8ClN3S. The Balaban J connectivity index is 2.15. The number of nitrogens with zero attached hydrogens (tertiary/aromatic N) is 1. The van der Waals surface area contributed by atoms with Crippen LogP contribution in [0.3, 0.4) is 0 Å². The minimum atomic E-state index is 0.696. The summed E-state index contributed by atoms with van der Waals surface area (Å²) in [4.78, 5) is 4.08. The highest BCUT2D eigenvalue weighted by Crippen LogP contribution is 2.24. The minimum absolute atomic E-state index is 0.696. The highest BCUT2D eigenvalue weighted by atomic mass is 35.5. The predicted molar refractivity (Wildman–Crippen MR) is 61.3 cm³/mol. The molecular weight excluding hydrogens is 218 g/mol. The molecule has 0 radical (unpaired) electrons. The standard InChI is InChI=1S/C9H8ClN3S/c10-6-1-3-7(4-2-6)13-9-12-5-8(11)14-9/h1-5H,11H2,(H,12,13). The molecule has 0 amide bonds. The van der Waals surface area contributed by atoms with E-state index < -0.39 is 0 Å². The van der Waals surface area contributed by atoms with Crippen molar-refractivity contribution in [2.24, 2.45) is 0 Å². The van der Waals surface area contributed by atoms with Gasteiger partial charge in [-0.1, -0.05) is 22.9 Å². The Kier molecular flexibility index (Phi) is 2.56. The van der Waals surface area contributed by atoms with E-state index in [9.17, 15) is 0 Å². The fraction of sp³-hybridized carbons (Fsp3) is 0. The van der Waals surface area contributed by atoms with Gasteiger partial charge in [0.1, 0.15) is 5.00 Å². The molecule has 0 aliphatic rings. The Labute approximate surface area is 90.5 Å². The minimum Gasteiger partial charge on any atom is -0.389 e. The summed E-state index contributed by atoms with van der Waals surface area (Å²) in [6, 6.07) is 7.42. The Morgan fingerprint density at radius 1 is 1.29 bits per heavy atom. The summed E-state index contributed by atoms with van der Waals surface area (Å²) in [5.41, 5.74) is 6.50. The second kappa shape index (κ2) is 3.86.